The molecule has 0 spiro atoms. The molecule has 2 heterocycles. The molecular weight excluding hydrogens is 474 g/mol. The molecule has 4 amide bonds. The van der Waals surface area contributed by atoms with Crippen molar-refractivity contribution in [2.24, 2.45) is 0 Å². The zero-order chi connectivity index (χ0) is 24.9. The van der Waals surface area contributed by atoms with Crippen molar-refractivity contribution < 1.29 is 28.3 Å². The molecule has 2 aromatic carbocycles. The quantitative estimate of drug-likeness (QED) is 0.315. The number of urea groups is 1. The summed E-state index contributed by atoms with van der Waals surface area (Å²) in [6, 6.07) is 8.49. The van der Waals surface area contributed by atoms with Gasteiger partial charge in [0.2, 0.25) is 11.8 Å². The third-order valence-corrected chi connectivity index (χ3v) is 6.23. The normalized spacial score (nSPS) is 15.7. The number of hydrogen-bond acceptors (Lipinski definition) is 6. The van der Waals surface area contributed by atoms with Crippen LogP contribution in [0.2, 0.25) is 5.02 Å². The van der Waals surface area contributed by atoms with Crippen molar-refractivity contribution >= 4 is 46.1 Å². The molecule has 0 saturated carbocycles. The number of carbonyl (C=O) groups is 3. The van der Waals surface area contributed by atoms with Gasteiger partial charge in [0, 0.05) is 53.4 Å². The summed E-state index contributed by atoms with van der Waals surface area (Å²) in [5.41, 5.74) is 3.45. The number of piperidine rings is 1. The van der Waals surface area contributed by atoms with Gasteiger partial charge in [-0.2, -0.15) is 0 Å². The van der Waals surface area contributed by atoms with Crippen molar-refractivity contribution in [3.05, 3.63) is 58.3 Å². The monoisotopic (exact) mass is 499 g/mol. The smallest absolute Gasteiger partial charge is 0.319 e. The van der Waals surface area contributed by atoms with Gasteiger partial charge < -0.3 is 24.5 Å². The van der Waals surface area contributed by atoms with Crippen molar-refractivity contribution in [2.75, 3.05) is 25.6 Å². The van der Waals surface area contributed by atoms with Crippen LogP contribution in [0.15, 0.2) is 41.0 Å². The van der Waals surface area contributed by atoms with Crippen LogP contribution in [-0.4, -0.2) is 38.2 Å². The highest BCUT2D eigenvalue weighted by molar-refractivity contribution is 6.32. The van der Waals surface area contributed by atoms with Crippen LogP contribution in [0.4, 0.5) is 10.5 Å². The molecular formula is C25H26ClN3O6. The van der Waals surface area contributed by atoms with Gasteiger partial charge in [-0.15, -0.1) is 0 Å². The molecule has 10 heteroatoms. The number of methoxy groups -OCH3 is 1. The maximum absolute atomic E-state index is 12.5. The number of halogens is 1. The summed E-state index contributed by atoms with van der Waals surface area (Å²) in [4.78, 5) is 36.1. The second-order valence-corrected chi connectivity index (χ2v) is 8.66. The zero-order valence-corrected chi connectivity index (χ0v) is 20.2. The van der Waals surface area contributed by atoms with Crippen LogP contribution in [0.25, 0.3) is 11.0 Å². The van der Waals surface area contributed by atoms with Gasteiger partial charge in [-0.05, 0) is 31.0 Å². The molecule has 1 aliphatic heterocycles. The number of ether oxygens (including phenoxy) is 2. The van der Waals surface area contributed by atoms with E-state index in [0.29, 0.717) is 48.1 Å². The van der Waals surface area contributed by atoms with E-state index >= 15 is 0 Å². The topological polar surface area (TPSA) is 119 Å². The number of benzene rings is 2. The Balaban J connectivity index is 1.38. The Kier molecular flexibility index (Phi) is 7.57. The van der Waals surface area contributed by atoms with Gasteiger partial charge in [-0.25, -0.2) is 4.79 Å². The molecule has 0 radical (unpaired) electrons. The van der Waals surface area contributed by atoms with E-state index in [1.165, 1.54) is 0 Å². The number of amides is 4. The Morgan fingerprint density at radius 3 is 2.83 bits per heavy atom. The number of nitrogens with one attached hydrogen (secondary N) is 3. The summed E-state index contributed by atoms with van der Waals surface area (Å²) in [6.07, 6.45) is 2.31. The van der Waals surface area contributed by atoms with Crippen LogP contribution >= 0.6 is 11.6 Å². The number of furan rings is 1. The number of imide groups is 1. The van der Waals surface area contributed by atoms with Gasteiger partial charge in [0.1, 0.15) is 17.9 Å². The van der Waals surface area contributed by atoms with E-state index in [0.717, 1.165) is 22.1 Å². The lowest BCUT2D eigenvalue weighted by atomic mass is 9.90. The average Bonchev–Trinajstić information content (AvgIpc) is 3.24. The summed E-state index contributed by atoms with van der Waals surface area (Å²) < 4.78 is 16.3. The zero-order valence-electron chi connectivity index (χ0n) is 19.4. The second kappa shape index (κ2) is 10.8. The molecule has 0 bridgehead atoms. The Bertz CT molecular complexity index is 1270. The maximum atomic E-state index is 12.5. The predicted molar refractivity (Wildman–Crippen MR) is 131 cm³/mol. The third kappa shape index (κ3) is 5.75. The number of rotatable bonds is 8. The molecule has 1 aromatic heterocycles. The minimum Gasteiger partial charge on any atom is -0.491 e. The third-order valence-electron chi connectivity index (χ3n) is 5.84. The van der Waals surface area contributed by atoms with Gasteiger partial charge in [0.25, 0.3) is 0 Å². The first-order valence-corrected chi connectivity index (χ1v) is 11.5. The minimum absolute atomic E-state index is 0.256. The largest absolute Gasteiger partial charge is 0.491 e. The van der Waals surface area contributed by atoms with E-state index in [1.54, 1.807) is 25.5 Å². The lowest BCUT2D eigenvalue weighted by molar-refractivity contribution is -0.134. The highest BCUT2D eigenvalue weighted by Crippen LogP contribution is 2.33. The van der Waals surface area contributed by atoms with Crippen LogP contribution in [0.3, 0.4) is 0 Å². The highest BCUT2D eigenvalue weighted by Gasteiger charge is 2.30. The molecule has 35 heavy (non-hydrogen) atoms. The van der Waals surface area contributed by atoms with Crippen LogP contribution in [0, 0.1) is 6.92 Å². The molecule has 9 nitrogen and oxygen atoms in total. The van der Waals surface area contributed by atoms with Gasteiger partial charge in [-0.1, -0.05) is 23.7 Å². The molecule has 1 atom stereocenters. The molecule has 184 valence electrons. The van der Waals surface area contributed by atoms with Crippen LogP contribution < -0.4 is 20.7 Å². The maximum Gasteiger partial charge on any atom is 0.319 e. The van der Waals surface area contributed by atoms with E-state index in [9.17, 15) is 14.4 Å². The number of fused-ring (bicyclic) bond motifs is 1. The summed E-state index contributed by atoms with van der Waals surface area (Å²) >= 11 is 6.28. The van der Waals surface area contributed by atoms with Crippen LogP contribution in [-0.2, 0) is 20.9 Å². The summed E-state index contributed by atoms with van der Waals surface area (Å²) in [7, 11) is 1.59. The molecule has 0 unspecified atom stereocenters. The molecule has 1 saturated heterocycles. The van der Waals surface area contributed by atoms with Crippen molar-refractivity contribution in [2.45, 2.75) is 32.2 Å². The molecule has 4 rings (SSSR count). The van der Waals surface area contributed by atoms with E-state index in [2.05, 4.69) is 16.0 Å². The van der Waals surface area contributed by atoms with Crippen molar-refractivity contribution in [1.82, 2.24) is 10.6 Å². The molecule has 3 N–H and O–H groups in total. The molecule has 1 aliphatic rings. The SMILES string of the molecule is COCCOc1cc(NC(=O)NCc2ccc3c([C@@H]4CCC(=O)NC4=O)coc3c2)cc(Cl)c1C. The first kappa shape index (κ1) is 24.6. The standard InChI is InChI=1S/C25H26ClN3O6/c1-14-20(26)10-16(11-21(14)34-8-7-33-2)28-25(32)27-12-15-3-4-17-19(13-35-22(17)9-15)18-5-6-23(30)29-24(18)31/h3-4,9-11,13,18H,5-8,12H2,1-2H3,(H2,27,28,32)(H,29,30,31)/t18-/m0/s1. The average molecular weight is 500 g/mol. The Morgan fingerprint density at radius 1 is 1.23 bits per heavy atom. The fraction of sp³-hybridized carbons (Fsp3) is 0.320. The van der Waals surface area contributed by atoms with Crippen molar-refractivity contribution in [1.29, 1.82) is 0 Å². The fourth-order valence-corrected chi connectivity index (χ4v) is 4.14. The summed E-state index contributed by atoms with van der Waals surface area (Å²) in [5, 5.41) is 9.22. The van der Waals surface area contributed by atoms with Crippen LogP contribution in [0.5, 0.6) is 5.75 Å². The Labute approximate surface area is 207 Å². The molecule has 1 fully saturated rings. The van der Waals surface area contributed by atoms with E-state index in [4.69, 9.17) is 25.5 Å². The van der Waals surface area contributed by atoms with Gasteiger partial charge in [-0.3, -0.25) is 14.9 Å². The summed E-state index contributed by atoms with van der Waals surface area (Å²) in [5.74, 6) is -0.420. The molecule has 0 aliphatic carbocycles. The van der Waals surface area contributed by atoms with E-state index in [-0.39, 0.29) is 18.4 Å². The first-order chi connectivity index (χ1) is 16.9. The van der Waals surface area contributed by atoms with E-state index in [1.807, 2.05) is 25.1 Å². The number of hydrogen-bond donors (Lipinski definition) is 3. The van der Waals surface area contributed by atoms with E-state index < -0.39 is 11.9 Å². The van der Waals surface area contributed by atoms with Gasteiger partial charge in [0.05, 0.1) is 18.8 Å². The fourth-order valence-electron chi connectivity index (χ4n) is 3.93. The predicted octanol–water partition coefficient (Wildman–Crippen LogP) is 4.26. The lowest BCUT2D eigenvalue weighted by Crippen LogP contribution is -2.39. The lowest BCUT2D eigenvalue weighted by Gasteiger charge is -2.19. The number of anilines is 1. The van der Waals surface area contributed by atoms with Crippen molar-refractivity contribution in [3.8, 4) is 5.75 Å². The van der Waals surface area contributed by atoms with Gasteiger partial charge in [0.15, 0.2) is 0 Å². The van der Waals surface area contributed by atoms with Crippen molar-refractivity contribution in [3.63, 3.8) is 0 Å². The Hall–Kier alpha value is -3.56. The number of carbonyl (C=O) groups excluding carboxylic acids is 3. The van der Waals surface area contributed by atoms with Crippen LogP contribution in [0.1, 0.15) is 35.4 Å². The highest BCUT2D eigenvalue weighted by atomic mass is 35.5. The second-order valence-electron chi connectivity index (χ2n) is 8.26. The molecule has 3 aromatic rings. The first-order valence-electron chi connectivity index (χ1n) is 11.2. The minimum atomic E-state index is -0.423. The van der Waals surface area contributed by atoms with Gasteiger partial charge >= 0.3 is 6.03 Å². The Morgan fingerprint density at radius 2 is 2.06 bits per heavy atom. The summed E-state index contributed by atoms with van der Waals surface area (Å²) in [6.45, 7) is 2.89.